The van der Waals surface area contributed by atoms with Crippen LogP contribution in [0.3, 0.4) is 0 Å². The van der Waals surface area contributed by atoms with E-state index < -0.39 is 0 Å². The molecule has 19 heavy (non-hydrogen) atoms. The molecule has 1 heterocycles. The van der Waals surface area contributed by atoms with Crippen LogP contribution in [0.5, 0.6) is 0 Å². The molecule has 2 fully saturated rings. The lowest BCUT2D eigenvalue weighted by Gasteiger charge is -2.42. The molecule has 3 atom stereocenters. The molecule has 2 rings (SSSR count). The smallest absolute Gasteiger partial charge is 0.223 e. The quantitative estimate of drug-likeness (QED) is 0.824. The monoisotopic (exact) mass is 266 g/mol. The first kappa shape index (κ1) is 14.8. The van der Waals surface area contributed by atoms with Gasteiger partial charge in [0.25, 0.3) is 0 Å². The normalized spacial score (nSPS) is 30.5. The Morgan fingerprint density at radius 1 is 1.21 bits per heavy atom. The molecule has 1 saturated carbocycles. The SMILES string of the molecule is CC(C(=O)NC1CCCCC1C(C)(C)C)C1CNC1. The highest BCUT2D eigenvalue weighted by atomic mass is 16.1. The van der Waals surface area contributed by atoms with Gasteiger partial charge in [0, 0.05) is 12.0 Å². The first-order chi connectivity index (χ1) is 8.89. The average molecular weight is 266 g/mol. The van der Waals surface area contributed by atoms with Crippen molar-refractivity contribution in [3.63, 3.8) is 0 Å². The van der Waals surface area contributed by atoms with Gasteiger partial charge in [0.05, 0.1) is 0 Å². The average Bonchev–Trinajstić information content (AvgIpc) is 2.25. The van der Waals surface area contributed by atoms with Crippen molar-refractivity contribution >= 4 is 5.91 Å². The zero-order valence-electron chi connectivity index (χ0n) is 13.0. The number of amides is 1. The number of carbonyl (C=O) groups excluding carboxylic acids is 1. The summed E-state index contributed by atoms with van der Waals surface area (Å²) in [5.74, 6) is 1.59. The minimum atomic E-state index is 0.156. The van der Waals surface area contributed by atoms with E-state index in [-0.39, 0.29) is 11.8 Å². The van der Waals surface area contributed by atoms with E-state index in [1.54, 1.807) is 0 Å². The number of carbonyl (C=O) groups is 1. The largest absolute Gasteiger partial charge is 0.353 e. The minimum absolute atomic E-state index is 0.156. The second-order valence-corrected chi connectivity index (χ2v) is 7.58. The Hall–Kier alpha value is -0.570. The summed E-state index contributed by atoms with van der Waals surface area (Å²) in [6, 6.07) is 0.386. The molecule has 0 spiro atoms. The van der Waals surface area contributed by atoms with Crippen LogP contribution >= 0.6 is 0 Å². The lowest BCUT2D eigenvalue weighted by molar-refractivity contribution is -0.128. The Balaban J connectivity index is 1.93. The molecule has 3 unspecified atom stereocenters. The van der Waals surface area contributed by atoms with Crippen LogP contribution in [0, 0.1) is 23.2 Å². The van der Waals surface area contributed by atoms with Gasteiger partial charge in [0.1, 0.15) is 0 Å². The summed E-state index contributed by atoms with van der Waals surface area (Å²) in [4.78, 5) is 12.4. The van der Waals surface area contributed by atoms with Crippen LogP contribution in [0.1, 0.15) is 53.4 Å². The van der Waals surface area contributed by atoms with Gasteiger partial charge in [-0.2, -0.15) is 0 Å². The fourth-order valence-electron chi connectivity index (χ4n) is 3.53. The first-order valence-electron chi connectivity index (χ1n) is 7.90. The summed E-state index contributed by atoms with van der Waals surface area (Å²) in [6.45, 7) is 11.0. The van der Waals surface area contributed by atoms with Gasteiger partial charge in [-0.25, -0.2) is 0 Å². The standard InChI is InChI=1S/C16H30N2O/c1-11(12-9-17-10-12)15(19)18-14-8-6-5-7-13(14)16(2,3)4/h11-14,17H,5-10H2,1-4H3,(H,18,19). The van der Waals surface area contributed by atoms with Gasteiger partial charge in [0.15, 0.2) is 0 Å². The highest BCUT2D eigenvalue weighted by Gasteiger charge is 2.36. The molecule has 1 aliphatic heterocycles. The second-order valence-electron chi connectivity index (χ2n) is 7.58. The van der Waals surface area contributed by atoms with Gasteiger partial charge in [-0.05, 0) is 43.2 Å². The van der Waals surface area contributed by atoms with Crippen molar-refractivity contribution < 1.29 is 4.79 Å². The van der Waals surface area contributed by atoms with Crippen molar-refractivity contribution in [3.8, 4) is 0 Å². The zero-order valence-corrected chi connectivity index (χ0v) is 13.0. The first-order valence-corrected chi connectivity index (χ1v) is 7.90. The molecule has 0 aromatic heterocycles. The van der Waals surface area contributed by atoms with Crippen LogP contribution in [0.2, 0.25) is 0 Å². The van der Waals surface area contributed by atoms with E-state index in [9.17, 15) is 4.79 Å². The van der Waals surface area contributed by atoms with E-state index in [1.165, 1.54) is 19.3 Å². The van der Waals surface area contributed by atoms with E-state index >= 15 is 0 Å². The van der Waals surface area contributed by atoms with Crippen LogP contribution in [-0.4, -0.2) is 25.0 Å². The maximum atomic E-state index is 12.4. The molecular formula is C16H30N2O. The third-order valence-corrected chi connectivity index (χ3v) is 5.14. The lowest BCUT2D eigenvalue weighted by atomic mass is 9.69. The summed E-state index contributed by atoms with van der Waals surface area (Å²) in [7, 11) is 0. The summed E-state index contributed by atoms with van der Waals surface area (Å²) in [6.07, 6.45) is 4.99. The molecule has 1 amide bonds. The van der Waals surface area contributed by atoms with Crippen LogP contribution in [-0.2, 0) is 4.79 Å². The summed E-state index contributed by atoms with van der Waals surface area (Å²) in [5.41, 5.74) is 0.291. The number of rotatable bonds is 3. The molecule has 0 aromatic rings. The van der Waals surface area contributed by atoms with Gasteiger partial charge < -0.3 is 10.6 Å². The maximum Gasteiger partial charge on any atom is 0.223 e. The van der Waals surface area contributed by atoms with Crippen molar-refractivity contribution in [3.05, 3.63) is 0 Å². The van der Waals surface area contributed by atoms with Gasteiger partial charge in [-0.1, -0.05) is 40.5 Å². The van der Waals surface area contributed by atoms with E-state index in [0.717, 1.165) is 19.5 Å². The topological polar surface area (TPSA) is 41.1 Å². The van der Waals surface area contributed by atoms with Crippen molar-refractivity contribution in [1.29, 1.82) is 0 Å². The Bertz CT molecular complexity index is 317. The molecular weight excluding hydrogens is 236 g/mol. The maximum absolute atomic E-state index is 12.4. The second kappa shape index (κ2) is 5.82. The molecule has 0 bridgehead atoms. The third kappa shape index (κ3) is 3.50. The summed E-state index contributed by atoms with van der Waals surface area (Å²) < 4.78 is 0. The molecule has 0 aromatic carbocycles. The molecule has 2 N–H and O–H groups in total. The fraction of sp³-hybridized carbons (Fsp3) is 0.938. The molecule has 3 nitrogen and oxygen atoms in total. The minimum Gasteiger partial charge on any atom is -0.353 e. The van der Waals surface area contributed by atoms with E-state index in [1.807, 2.05) is 0 Å². The van der Waals surface area contributed by atoms with E-state index in [0.29, 0.717) is 23.3 Å². The molecule has 2 aliphatic rings. The van der Waals surface area contributed by atoms with Gasteiger partial charge in [-0.15, -0.1) is 0 Å². The number of nitrogens with one attached hydrogen (secondary N) is 2. The Morgan fingerprint density at radius 3 is 2.37 bits per heavy atom. The van der Waals surface area contributed by atoms with Gasteiger partial charge in [-0.3, -0.25) is 4.79 Å². The highest BCUT2D eigenvalue weighted by Crippen LogP contribution is 2.38. The zero-order chi connectivity index (χ0) is 14.0. The molecule has 3 heteroatoms. The summed E-state index contributed by atoms with van der Waals surface area (Å²) >= 11 is 0. The Kier molecular flexibility index (Phi) is 4.54. The third-order valence-electron chi connectivity index (χ3n) is 5.14. The van der Waals surface area contributed by atoms with Crippen molar-refractivity contribution in [2.24, 2.45) is 23.2 Å². The highest BCUT2D eigenvalue weighted by molar-refractivity contribution is 5.79. The van der Waals surface area contributed by atoms with Crippen molar-refractivity contribution in [1.82, 2.24) is 10.6 Å². The van der Waals surface area contributed by atoms with E-state index in [4.69, 9.17) is 0 Å². The van der Waals surface area contributed by atoms with Crippen LogP contribution in [0.15, 0.2) is 0 Å². The van der Waals surface area contributed by atoms with Crippen molar-refractivity contribution in [2.75, 3.05) is 13.1 Å². The number of hydrogen-bond donors (Lipinski definition) is 2. The summed E-state index contributed by atoms with van der Waals surface area (Å²) in [5, 5.41) is 6.61. The van der Waals surface area contributed by atoms with Crippen LogP contribution < -0.4 is 10.6 Å². The number of hydrogen-bond acceptors (Lipinski definition) is 2. The lowest BCUT2D eigenvalue weighted by Crippen LogP contribution is -2.53. The van der Waals surface area contributed by atoms with E-state index in [2.05, 4.69) is 38.3 Å². The predicted octanol–water partition coefficient (Wildman–Crippen LogP) is 2.56. The predicted molar refractivity (Wildman–Crippen MR) is 78.9 cm³/mol. The Morgan fingerprint density at radius 2 is 1.84 bits per heavy atom. The molecule has 1 aliphatic carbocycles. The van der Waals surface area contributed by atoms with Crippen LogP contribution in [0.4, 0.5) is 0 Å². The van der Waals surface area contributed by atoms with Crippen molar-refractivity contribution in [2.45, 2.75) is 59.4 Å². The Labute approximate surface area is 117 Å². The molecule has 0 radical (unpaired) electrons. The molecule has 110 valence electrons. The van der Waals surface area contributed by atoms with Gasteiger partial charge >= 0.3 is 0 Å². The fourth-order valence-corrected chi connectivity index (χ4v) is 3.53. The molecule has 1 saturated heterocycles. The van der Waals surface area contributed by atoms with Gasteiger partial charge in [0.2, 0.25) is 5.91 Å². The van der Waals surface area contributed by atoms with Crippen LogP contribution in [0.25, 0.3) is 0 Å².